The van der Waals surface area contributed by atoms with Crippen LogP contribution in [-0.4, -0.2) is 13.7 Å². The minimum Gasteiger partial charge on any atom is -0.494 e. The molecule has 2 rings (SSSR count). The summed E-state index contributed by atoms with van der Waals surface area (Å²) in [4.78, 5) is 0. The Morgan fingerprint density at radius 1 is 1.14 bits per heavy atom. The highest BCUT2D eigenvalue weighted by Gasteiger charge is 2.08. The Hall–Kier alpha value is -2.23. The molecule has 0 fully saturated rings. The molecule has 112 valence electrons. The summed E-state index contributed by atoms with van der Waals surface area (Å²) in [6, 6.07) is 12.8. The largest absolute Gasteiger partial charge is 0.494 e. The van der Waals surface area contributed by atoms with E-state index in [0.29, 0.717) is 6.61 Å². The summed E-state index contributed by atoms with van der Waals surface area (Å²) in [5.74, 6) is 0.722. The average molecular weight is 289 g/mol. The molecule has 0 aromatic heterocycles. The lowest BCUT2D eigenvalue weighted by Gasteiger charge is -2.16. The van der Waals surface area contributed by atoms with Crippen molar-refractivity contribution in [2.24, 2.45) is 0 Å². The molecule has 21 heavy (non-hydrogen) atoms. The molecule has 0 bridgehead atoms. The Morgan fingerprint density at radius 2 is 1.86 bits per heavy atom. The Morgan fingerprint density at radius 3 is 2.43 bits per heavy atom. The second-order valence-corrected chi connectivity index (χ2v) is 4.72. The van der Waals surface area contributed by atoms with Crippen molar-refractivity contribution in [2.45, 2.75) is 19.9 Å². The predicted octanol–water partition coefficient (Wildman–Crippen LogP) is 4.41. The van der Waals surface area contributed by atoms with Crippen molar-refractivity contribution in [3.8, 4) is 11.5 Å². The fourth-order valence-electron chi connectivity index (χ4n) is 2.11. The molecule has 1 atom stereocenters. The summed E-state index contributed by atoms with van der Waals surface area (Å²) in [6.07, 6.45) is 0. The smallest absolute Gasteiger partial charge is 0.167 e. The van der Waals surface area contributed by atoms with Crippen molar-refractivity contribution >= 4 is 5.69 Å². The van der Waals surface area contributed by atoms with E-state index in [1.54, 1.807) is 12.1 Å². The molecule has 0 aliphatic carbocycles. The Balaban J connectivity index is 2.06. The van der Waals surface area contributed by atoms with Gasteiger partial charge in [-0.05, 0) is 43.7 Å². The van der Waals surface area contributed by atoms with E-state index in [4.69, 9.17) is 9.47 Å². The first-order valence-corrected chi connectivity index (χ1v) is 6.97. The second kappa shape index (κ2) is 6.97. The molecule has 4 heteroatoms. The topological polar surface area (TPSA) is 30.5 Å². The van der Waals surface area contributed by atoms with E-state index in [2.05, 4.69) is 5.32 Å². The minimum atomic E-state index is -0.374. The number of methoxy groups -OCH3 is 1. The van der Waals surface area contributed by atoms with Crippen molar-refractivity contribution in [1.29, 1.82) is 0 Å². The zero-order chi connectivity index (χ0) is 15.2. The summed E-state index contributed by atoms with van der Waals surface area (Å²) in [6.45, 7) is 4.63. The third-order valence-electron chi connectivity index (χ3n) is 3.23. The Bertz CT molecular complexity index is 584. The first kappa shape index (κ1) is 15.2. The first-order chi connectivity index (χ1) is 10.1. The highest BCUT2D eigenvalue weighted by molar-refractivity contribution is 5.49. The molecule has 1 N–H and O–H groups in total. The Kier molecular flexibility index (Phi) is 5.04. The third kappa shape index (κ3) is 3.88. The molecular formula is C17H20FNO2. The molecule has 0 aliphatic heterocycles. The van der Waals surface area contributed by atoms with Crippen LogP contribution in [0, 0.1) is 5.82 Å². The average Bonchev–Trinajstić information content (AvgIpc) is 2.48. The zero-order valence-corrected chi connectivity index (χ0v) is 12.5. The fraction of sp³-hybridized carbons (Fsp3) is 0.294. The Labute approximate surface area is 124 Å². The van der Waals surface area contributed by atoms with Crippen LogP contribution >= 0.6 is 0 Å². The van der Waals surface area contributed by atoms with Gasteiger partial charge in [-0.3, -0.25) is 0 Å². The first-order valence-electron chi connectivity index (χ1n) is 6.97. The lowest BCUT2D eigenvalue weighted by molar-refractivity contribution is 0.340. The van der Waals surface area contributed by atoms with Gasteiger partial charge in [0.15, 0.2) is 11.6 Å². The van der Waals surface area contributed by atoms with Crippen LogP contribution in [0.2, 0.25) is 0 Å². The summed E-state index contributed by atoms with van der Waals surface area (Å²) in [7, 11) is 1.45. The number of hydrogen-bond acceptors (Lipinski definition) is 3. The van der Waals surface area contributed by atoms with Crippen molar-refractivity contribution < 1.29 is 13.9 Å². The van der Waals surface area contributed by atoms with Crippen molar-refractivity contribution in [3.05, 3.63) is 53.8 Å². The van der Waals surface area contributed by atoms with Gasteiger partial charge in [-0.25, -0.2) is 4.39 Å². The summed E-state index contributed by atoms with van der Waals surface area (Å²) < 4.78 is 24.0. The molecule has 0 aliphatic rings. The molecule has 2 aromatic carbocycles. The van der Waals surface area contributed by atoms with E-state index >= 15 is 0 Å². The predicted molar refractivity (Wildman–Crippen MR) is 82.6 cm³/mol. The zero-order valence-electron chi connectivity index (χ0n) is 12.5. The van der Waals surface area contributed by atoms with Crippen LogP contribution in [0.1, 0.15) is 25.5 Å². The maximum atomic E-state index is 13.7. The third-order valence-corrected chi connectivity index (χ3v) is 3.23. The molecule has 2 aromatic rings. The number of ether oxygens (including phenoxy) is 2. The van der Waals surface area contributed by atoms with Crippen LogP contribution in [0.25, 0.3) is 0 Å². The van der Waals surface area contributed by atoms with Gasteiger partial charge < -0.3 is 14.8 Å². The van der Waals surface area contributed by atoms with E-state index in [1.165, 1.54) is 13.2 Å². The summed E-state index contributed by atoms with van der Waals surface area (Å²) in [5.41, 5.74) is 1.82. The van der Waals surface area contributed by atoms with Gasteiger partial charge >= 0.3 is 0 Å². The molecule has 0 spiro atoms. The lowest BCUT2D eigenvalue weighted by atomic mass is 10.1. The molecular weight excluding hydrogens is 269 g/mol. The molecule has 0 saturated carbocycles. The van der Waals surface area contributed by atoms with Crippen molar-refractivity contribution in [3.63, 3.8) is 0 Å². The molecule has 0 radical (unpaired) electrons. The fourth-order valence-corrected chi connectivity index (χ4v) is 2.11. The number of rotatable bonds is 6. The lowest BCUT2D eigenvalue weighted by Crippen LogP contribution is -2.07. The van der Waals surface area contributed by atoms with Crippen LogP contribution in [0.15, 0.2) is 42.5 Å². The number of benzene rings is 2. The molecule has 3 nitrogen and oxygen atoms in total. The molecule has 0 saturated heterocycles. The van der Waals surface area contributed by atoms with Crippen LogP contribution in [0.5, 0.6) is 11.5 Å². The normalized spacial score (nSPS) is 11.8. The van der Waals surface area contributed by atoms with Gasteiger partial charge in [-0.15, -0.1) is 0 Å². The van der Waals surface area contributed by atoms with E-state index < -0.39 is 0 Å². The number of hydrogen-bond donors (Lipinski definition) is 1. The highest BCUT2D eigenvalue weighted by atomic mass is 19.1. The molecule has 1 unspecified atom stereocenters. The number of halogens is 1. The maximum Gasteiger partial charge on any atom is 0.167 e. The van der Waals surface area contributed by atoms with Gasteiger partial charge in [0.2, 0.25) is 0 Å². The SMILES string of the molecule is CCOc1ccc(C(C)Nc2ccc(OC)c(F)c2)cc1. The van der Waals surface area contributed by atoms with E-state index in [0.717, 1.165) is 17.0 Å². The van der Waals surface area contributed by atoms with E-state index in [1.807, 2.05) is 38.1 Å². The monoisotopic (exact) mass is 289 g/mol. The van der Waals surface area contributed by atoms with Crippen molar-refractivity contribution in [1.82, 2.24) is 0 Å². The second-order valence-electron chi connectivity index (χ2n) is 4.72. The molecule has 0 heterocycles. The number of anilines is 1. The van der Waals surface area contributed by atoms with E-state index in [-0.39, 0.29) is 17.6 Å². The quantitative estimate of drug-likeness (QED) is 0.854. The van der Waals surface area contributed by atoms with E-state index in [9.17, 15) is 4.39 Å². The highest BCUT2D eigenvalue weighted by Crippen LogP contribution is 2.25. The van der Waals surface area contributed by atoms with Crippen LogP contribution < -0.4 is 14.8 Å². The van der Waals surface area contributed by atoms with Gasteiger partial charge in [0.1, 0.15) is 5.75 Å². The van der Waals surface area contributed by atoms with Gasteiger partial charge in [0.25, 0.3) is 0 Å². The van der Waals surface area contributed by atoms with Crippen molar-refractivity contribution in [2.75, 3.05) is 19.0 Å². The van der Waals surface area contributed by atoms with Gasteiger partial charge in [0, 0.05) is 17.8 Å². The summed E-state index contributed by atoms with van der Waals surface area (Å²) >= 11 is 0. The van der Waals surface area contributed by atoms with Crippen LogP contribution in [0.4, 0.5) is 10.1 Å². The number of nitrogens with one attached hydrogen (secondary N) is 1. The van der Waals surface area contributed by atoms with Gasteiger partial charge in [-0.2, -0.15) is 0 Å². The van der Waals surface area contributed by atoms with Gasteiger partial charge in [-0.1, -0.05) is 12.1 Å². The minimum absolute atomic E-state index is 0.0634. The summed E-state index contributed by atoms with van der Waals surface area (Å²) in [5, 5.41) is 3.27. The van der Waals surface area contributed by atoms with Crippen LogP contribution in [0.3, 0.4) is 0 Å². The van der Waals surface area contributed by atoms with Crippen LogP contribution in [-0.2, 0) is 0 Å². The standard InChI is InChI=1S/C17H20FNO2/c1-4-21-15-8-5-13(6-9-15)12(2)19-14-7-10-17(20-3)16(18)11-14/h5-12,19H,4H2,1-3H3. The molecule has 0 amide bonds. The maximum absolute atomic E-state index is 13.7. The van der Waals surface area contributed by atoms with Gasteiger partial charge in [0.05, 0.1) is 13.7 Å².